The number of hydrazine groups is 1. The van der Waals surface area contributed by atoms with Crippen molar-refractivity contribution in [2.45, 2.75) is 19.6 Å². The minimum Gasteiger partial charge on any atom is -0.445 e. The highest BCUT2D eigenvalue weighted by Crippen LogP contribution is 2.00. The third kappa shape index (κ3) is 6.39. The molecule has 1 rings (SSSR count). The molecule has 5 N–H and O–H groups in total. The van der Waals surface area contributed by atoms with E-state index in [-0.39, 0.29) is 13.2 Å². The van der Waals surface area contributed by atoms with E-state index in [2.05, 4.69) is 10.6 Å². The molecule has 8 nitrogen and oxygen atoms in total. The molecule has 0 aliphatic carbocycles. The van der Waals surface area contributed by atoms with Gasteiger partial charge in [0, 0.05) is 0 Å². The van der Waals surface area contributed by atoms with Gasteiger partial charge in [-0.15, -0.1) is 0 Å². The SMILES string of the molecule is CC(NC(=O)CNC(=O)OCc1ccccc1)C(=O)NN. The minimum absolute atomic E-state index is 0.111. The highest BCUT2D eigenvalue weighted by Gasteiger charge is 2.14. The topological polar surface area (TPSA) is 123 Å². The molecule has 114 valence electrons. The summed E-state index contributed by atoms with van der Waals surface area (Å²) in [6, 6.07) is 8.35. The van der Waals surface area contributed by atoms with Gasteiger partial charge in [-0.1, -0.05) is 30.3 Å². The summed E-state index contributed by atoms with van der Waals surface area (Å²) in [4.78, 5) is 33.9. The first kappa shape index (κ1) is 16.4. The number of rotatable bonds is 6. The van der Waals surface area contributed by atoms with Crippen molar-refractivity contribution >= 4 is 17.9 Å². The summed E-state index contributed by atoms with van der Waals surface area (Å²) in [6.45, 7) is 1.28. The third-order valence-corrected chi connectivity index (χ3v) is 2.52. The van der Waals surface area contributed by atoms with Gasteiger partial charge < -0.3 is 15.4 Å². The van der Waals surface area contributed by atoms with Crippen molar-refractivity contribution in [1.82, 2.24) is 16.1 Å². The normalized spacial score (nSPS) is 11.1. The minimum atomic E-state index is -0.787. The molecule has 0 aliphatic heterocycles. The molecule has 0 aromatic heterocycles. The van der Waals surface area contributed by atoms with Crippen LogP contribution in [0.2, 0.25) is 0 Å². The lowest BCUT2D eigenvalue weighted by molar-refractivity contribution is -0.128. The predicted molar refractivity (Wildman–Crippen MR) is 74.6 cm³/mol. The van der Waals surface area contributed by atoms with E-state index in [0.717, 1.165) is 5.56 Å². The highest BCUT2D eigenvalue weighted by molar-refractivity contribution is 5.88. The van der Waals surface area contributed by atoms with Crippen LogP contribution in [0.25, 0.3) is 0 Å². The van der Waals surface area contributed by atoms with Gasteiger partial charge >= 0.3 is 6.09 Å². The molecule has 0 heterocycles. The first-order valence-corrected chi connectivity index (χ1v) is 6.27. The Hall–Kier alpha value is -2.61. The molecule has 0 fully saturated rings. The lowest BCUT2D eigenvalue weighted by Crippen LogP contribution is -2.49. The summed E-state index contributed by atoms with van der Waals surface area (Å²) in [6.07, 6.45) is -0.718. The molecule has 21 heavy (non-hydrogen) atoms. The van der Waals surface area contributed by atoms with E-state index in [1.54, 1.807) is 0 Å². The van der Waals surface area contributed by atoms with Crippen LogP contribution in [0.1, 0.15) is 12.5 Å². The van der Waals surface area contributed by atoms with Crippen molar-refractivity contribution in [2.24, 2.45) is 5.84 Å². The Labute approximate surface area is 122 Å². The fraction of sp³-hybridized carbons (Fsp3) is 0.308. The van der Waals surface area contributed by atoms with Crippen molar-refractivity contribution in [3.05, 3.63) is 35.9 Å². The Morgan fingerprint density at radius 3 is 2.52 bits per heavy atom. The molecule has 0 bridgehead atoms. The maximum absolute atomic E-state index is 11.5. The number of ether oxygens (including phenoxy) is 1. The van der Waals surface area contributed by atoms with E-state index >= 15 is 0 Å². The van der Waals surface area contributed by atoms with Crippen LogP contribution in [0.5, 0.6) is 0 Å². The van der Waals surface area contributed by atoms with Gasteiger partial charge in [0.15, 0.2) is 0 Å². The van der Waals surface area contributed by atoms with Gasteiger partial charge in [0.2, 0.25) is 5.91 Å². The second-order valence-corrected chi connectivity index (χ2v) is 4.21. The van der Waals surface area contributed by atoms with Gasteiger partial charge in [-0.05, 0) is 12.5 Å². The van der Waals surface area contributed by atoms with Crippen LogP contribution in [0, 0.1) is 0 Å². The fourth-order valence-corrected chi connectivity index (χ4v) is 1.41. The molecule has 0 radical (unpaired) electrons. The van der Waals surface area contributed by atoms with Crippen LogP contribution >= 0.6 is 0 Å². The van der Waals surface area contributed by atoms with Gasteiger partial charge in [0.25, 0.3) is 5.91 Å². The fourth-order valence-electron chi connectivity index (χ4n) is 1.41. The van der Waals surface area contributed by atoms with Crippen LogP contribution in [0.4, 0.5) is 4.79 Å². The monoisotopic (exact) mass is 294 g/mol. The summed E-state index contributed by atoms with van der Waals surface area (Å²) in [5.41, 5.74) is 2.75. The van der Waals surface area contributed by atoms with Gasteiger partial charge in [-0.25, -0.2) is 10.6 Å². The molecule has 1 aromatic rings. The largest absolute Gasteiger partial charge is 0.445 e. The van der Waals surface area contributed by atoms with Crippen molar-refractivity contribution in [3.8, 4) is 0 Å². The molecule has 1 unspecified atom stereocenters. The summed E-state index contributed by atoms with van der Waals surface area (Å²) in [5, 5.41) is 4.64. The summed E-state index contributed by atoms with van der Waals surface area (Å²) in [7, 11) is 0. The number of carbonyl (C=O) groups excluding carboxylic acids is 3. The number of benzene rings is 1. The third-order valence-electron chi connectivity index (χ3n) is 2.52. The van der Waals surface area contributed by atoms with Crippen LogP contribution in [-0.2, 0) is 20.9 Å². The maximum atomic E-state index is 11.5. The van der Waals surface area contributed by atoms with Crippen LogP contribution < -0.4 is 21.9 Å². The van der Waals surface area contributed by atoms with Crippen LogP contribution in [0.3, 0.4) is 0 Å². The zero-order valence-corrected chi connectivity index (χ0v) is 11.6. The average molecular weight is 294 g/mol. The van der Waals surface area contributed by atoms with Gasteiger partial charge in [-0.2, -0.15) is 0 Å². The summed E-state index contributed by atoms with van der Waals surface area (Å²) < 4.78 is 4.92. The lowest BCUT2D eigenvalue weighted by Gasteiger charge is -2.12. The van der Waals surface area contributed by atoms with Crippen molar-refractivity contribution < 1.29 is 19.1 Å². The Bertz CT molecular complexity index is 492. The first-order chi connectivity index (χ1) is 10.0. The van der Waals surface area contributed by atoms with Crippen molar-refractivity contribution in [3.63, 3.8) is 0 Å². The summed E-state index contributed by atoms with van der Waals surface area (Å²) >= 11 is 0. The molecule has 8 heteroatoms. The standard InChI is InChI=1S/C13H18N4O4/c1-9(12(19)17-14)16-11(18)7-15-13(20)21-8-10-5-3-2-4-6-10/h2-6,9H,7-8,14H2,1H3,(H,15,20)(H,16,18)(H,17,19). The lowest BCUT2D eigenvalue weighted by atomic mass is 10.2. The highest BCUT2D eigenvalue weighted by atomic mass is 16.5. The Kier molecular flexibility index (Phi) is 6.69. The van der Waals surface area contributed by atoms with Crippen LogP contribution in [-0.4, -0.2) is 30.5 Å². The van der Waals surface area contributed by atoms with Gasteiger partial charge in [0.05, 0.1) is 0 Å². The first-order valence-electron chi connectivity index (χ1n) is 6.27. The Morgan fingerprint density at radius 1 is 1.24 bits per heavy atom. The Morgan fingerprint density at radius 2 is 1.90 bits per heavy atom. The quantitative estimate of drug-likeness (QED) is 0.317. The van der Waals surface area contributed by atoms with E-state index in [0.29, 0.717) is 0 Å². The average Bonchev–Trinajstić information content (AvgIpc) is 2.51. The van der Waals surface area contributed by atoms with E-state index in [1.807, 2.05) is 35.8 Å². The molecule has 0 aliphatic rings. The van der Waals surface area contributed by atoms with E-state index in [9.17, 15) is 14.4 Å². The number of nitrogens with two attached hydrogens (primary N) is 1. The van der Waals surface area contributed by atoms with Crippen LogP contribution in [0.15, 0.2) is 30.3 Å². The smallest absolute Gasteiger partial charge is 0.407 e. The molecular weight excluding hydrogens is 276 g/mol. The predicted octanol–water partition coefficient (Wildman–Crippen LogP) is -0.593. The number of hydrogen-bond donors (Lipinski definition) is 4. The molecule has 0 saturated carbocycles. The number of carbonyl (C=O) groups is 3. The second-order valence-electron chi connectivity index (χ2n) is 4.21. The number of alkyl carbamates (subject to hydrolysis) is 1. The number of hydrogen-bond acceptors (Lipinski definition) is 5. The van der Waals surface area contributed by atoms with Gasteiger partial charge in [0.1, 0.15) is 19.2 Å². The Balaban J connectivity index is 2.23. The van der Waals surface area contributed by atoms with E-state index in [1.165, 1.54) is 6.92 Å². The summed E-state index contributed by atoms with van der Waals surface area (Å²) in [5.74, 6) is 3.87. The molecule has 1 atom stereocenters. The van der Waals surface area contributed by atoms with Crippen molar-refractivity contribution in [1.29, 1.82) is 0 Å². The molecule has 1 aromatic carbocycles. The number of nitrogens with one attached hydrogen (secondary N) is 3. The van der Waals surface area contributed by atoms with Crippen molar-refractivity contribution in [2.75, 3.05) is 6.54 Å². The number of amides is 3. The van der Waals surface area contributed by atoms with Gasteiger partial charge in [-0.3, -0.25) is 15.0 Å². The molecular formula is C13H18N4O4. The second kappa shape index (κ2) is 8.54. The maximum Gasteiger partial charge on any atom is 0.407 e. The zero-order valence-electron chi connectivity index (χ0n) is 11.6. The molecule has 0 saturated heterocycles. The molecule has 0 spiro atoms. The zero-order chi connectivity index (χ0) is 15.7. The molecule has 3 amide bonds. The van der Waals surface area contributed by atoms with E-state index < -0.39 is 23.9 Å². The van der Waals surface area contributed by atoms with E-state index in [4.69, 9.17) is 10.6 Å².